The molecule has 3 aromatic rings. The van der Waals surface area contributed by atoms with E-state index in [1.54, 1.807) is 51.3 Å². The molecule has 6 nitrogen and oxygen atoms in total. The molecule has 1 heterocycles. The minimum absolute atomic E-state index is 0.0218. The van der Waals surface area contributed by atoms with Crippen molar-refractivity contribution in [2.45, 2.75) is 33.8 Å². The lowest BCUT2D eigenvalue weighted by atomic mass is 10.0. The first-order chi connectivity index (χ1) is 13.8. The monoisotopic (exact) mass is 396 g/mol. The van der Waals surface area contributed by atoms with E-state index in [0.29, 0.717) is 22.3 Å². The van der Waals surface area contributed by atoms with Crippen molar-refractivity contribution in [3.8, 4) is 22.8 Å². The van der Waals surface area contributed by atoms with Gasteiger partial charge in [0.25, 0.3) is 0 Å². The van der Waals surface area contributed by atoms with Gasteiger partial charge in [-0.3, -0.25) is 4.79 Å². The van der Waals surface area contributed by atoms with Gasteiger partial charge in [0.1, 0.15) is 11.3 Å². The zero-order valence-corrected chi connectivity index (χ0v) is 17.2. The van der Waals surface area contributed by atoms with Crippen LogP contribution in [0, 0.1) is 13.8 Å². The number of hydrogen-bond donors (Lipinski definition) is 0. The van der Waals surface area contributed by atoms with Crippen molar-refractivity contribution in [3.63, 3.8) is 0 Å². The van der Waals surface area contributed by atoms with E-state index in [-0.39, 0.29) is 23.5 Å². The summed E-state index contributed by atoms with van der Waals surface area (Å²) in [6.07, 6.45) is -0.959. The minimum atomic E-state index is -0.959. The standard InChI is InChI=1S/C23H24O6/c1-6-27-23(25)15(4)28-22-20(24)18-11-13(2)14(3)12-19(18)29-21(22)16-7-9-17(26-5)10-8-16/h7-12,15H,6H2,1-5H3. The van der Waals surface area contributed by atoms with E-state index in [4.69, 9.17) is 18.6 Å². The molecule has 152 valence electrons. The lowest BCUT2D eigenvalue weighted by Gasteiger charge is -2.16. The Balaban J connectivity index is 2.21. The predicted octanol–water partition coefficient (Wildman–Crippen LogP) is 4.42. The fraction of sp³-hybridized carbons (Fsp3) is 0.304. The summed E-state index contributed by atoms with van der Waals surface area (Å²) in [4.78, 5) is 25.3. The molecule has 0 N–H and O–H groups in total. The van der Waals surface area contributed by atoms with Gasteiger partial charge in [-0.1, -0.05) is 0 Å². The third-order valence-corrected chi connectivity index (χ3v) is 4.73. The quantitative estimate of drug-likeness (QED) is 0.575. The number of hydrogen-bond acceptors (Lipinski definition) is 6. The van der Waals surface area contributed by atoms with Crippen LogP contribution in [0.3, 0.4) is 0 Å². The number of esters is 1. The Kier molecular flexibility index (Phi) is 5.92. The third-order valence-electron chi connectivity index (χ3n) is 4.73. The molecule has 1 aromatic heterocycles. The van der Waals surface area contributed by atoms with Gasteiger partial charge >= 0.3 is 5.97 Å². The van der Waals surface area contributed by atoms with Crippen LogP contribution < -0.4 is 14.9 Å². The summed E-state index contributed by atoms with van der Waals surface area (Å²) in [5.74, 6) is 0.356. The number of carbonyl (C=O) groups excluding carboxylic acids is 1. The highest BCUT2D eigenvalue weighted by atomic mass is 16.6. The van der Waals surface area contributed by atoms with E-state index in [9.17, 15) is 9.59 Å². The topological polar surface area (TPSA) is 75.0 Å². The second kappa shape index (κ2) is 8.39. The summed E-state index contributed by atoms with van der Waals surface area (Å²) in [5, 5.41) is 0.399. The molecule has 0 saturated carbocycles. The fourth-order valence-corrected chi connectivity index (χ4v) is 2.96. The normalized spacial score (nSPS) is 11.9. The molecule has 3 rings (SSSR count). The molecule has 0 bridgehead atoms. The van der Waals surface area contributed by atoms with Gasteiger partial charge in [-0.2, -0.15) is 0 Å². The Morgan fingerprint density at radius 3 is 2.38 bits per heavy atom. The lowest BCUT2D eigenvalue weighted by molar-refractivity contribution is -0.150. The largest absolute Gasteiger partial charge is 0.497 e. The zero-order valence-electron chi connectivity index (χ0n) is 17.2. The van der Waals surface area contributed by atoms with E-state index in [2.05, 4.69) is 0 Å². The van der Waals surface area contributed by atoms with Crippen LogP contribution in [0.4, 0.5) is 0 Å². The minimum Gasteiger partial charge on any atom is -0.497 e. The maximum atomic E-state index is 13.3. The van der Waals surface area contributed by atoms with Crippen LogP contribution in [0.5, 0.6) is 11.5 Å². The molecule has 6 heteroatoms. The SMILES string of the molecule is CCOC(=O)C(C)Oc1c(-c2ccc(OC)cc2)oc2cc(C)c(C)cc2c1=O. The Morgan fingerprint density at radius 1 is 1.10 bits per heavy atom. The Bertz CT molecular complexity index is 1100. The summed E-state index contributed by atoms with van der Waals surface area (Å²) in [5.41, 5.74) is 2.73. The van der Waals surface area contributed by atoms with E-state index in [0.717, 1.165) is 11.1 Å². The van der Waals surface area contributed by atoms with Gasteiger partial charge in [0, 0.05) is 5.56 Å². The molecular weight excluding hydrogens is 372 g/mol. The summed E-state index contributed by atoms with van der Waals surface area (Å²) < 4.78 is 22.1. The summed E-state index contributed by atoms with van der Waals surface area (Å²) in [6.45, 7) is 7.35. The summed E-state index contributed by atoms with van der Waals surface area (Å²) in [7, 11) is 1.58. The van der Waals surface area contributed by atoms with Gasteiger partial charge in [0.2, 0.25) is 11.2 Å². The summed E-state index contributed by atoms with van der Waals surface area (Å²) >= 11 is 0. The number of ether oxygens (including phenoxy) is 3. The maximum absolute atomic E-state index is 13.3. The Morgan fingerprint density at radius 2 is 1.76 bits per heavy atom. The maximum Gasteiger partial charge on any atom is 0.347 e. The average molecular weight is 396 g/mol. The van der Waals surface area contributed by atoms with Crippen LogP contribution in [0.2, 0.25) is 0 Å². The fourth-order valence-electron chi connectivity index (χ4n) is 2.96. The number of benzene rings is 2. The Hall–Kier alpha value is -3.28. The second-order valence-electron chi connectivity index (χ2n) is 6.76. The van der Waals surface area contributed by atoms with Crippen molar-refractivity contribution in [1.29, 1.82) is 0 Å². The van der Waals surface area contributed by atoms with Crippen LogP contribution in [0.15, 0.2) is 45.6 Å². The van der Waals surface area contributed by atoms with E-state index in [1.165, 1.54) is 0 Å². The molecule has 0 radical (unpaired) electrons. The first kappa shape index (κ1) is 20.5. The smallest absolute Gasteiger partial charge is 0.347 e. The highest BCUT2D eigenvalue weighted by molar-refractivity contribution is 5.84. The highest BCUT2D eigenvalue weighted by Gasteiger charge is 2.24. The van der Waals surface area contributed by atoms with Gasteiger partial charge in [-0.25, -0.2) is 4.79 Å². The molecule has 2 aromatic carbocycles. The number of rotatable bonds is 6. The van der Waals surface area contributed by atoms with Crippen LogP contribution >= 0.6 is 0 Å². The Labute approximate surface area is 169 Å². The van der Waals surface area contributed by atoms with Crippen LogP contribution in [0.25, 0.3) is 22.3 Å². The van der Waals surface area contributed by atoms with Crippen LogP contribution in [-0.2, 0) is 9.53 Å². The van der Waals surface area contributed by atoms with Crippen LogP contribution in [-0.4, -0.2) is 25.8 Å². The molecule has 29 heavy (non-hydrogen) atoms. The van der Waals surface area contributed by atoms with Crippen molar-refractivity contribution in [3.05, 3.63) is 57.7 Å². The molecular formula is C23H24O6. The molecule has 0 spiro atoms. The number of carbonyl (C=O) groups is 1. The van der Waals surface area contributed by atoms with E-state index in [1.807, 2.05) is 19.9 Å². The van der Waals surface area contributed by atoms with Crippen molar-refractivity contribution >= 4 is 16.9 Å². The zero-order chi connectivity index (χ0) is 21.1. The second-order valence-corrected chi connectivity index (χ2v) is 6.76. The molecule has 0 aliphatic heterocycles. The molecule has 1 unspecified atom stereocenters. The first-order valence-corrected chi connectivity index (χ1v) is 9.41. The van der Waals surface area contributed by atoms with Gasteiger partial charge in [-0.05, 0) is 75.2 Å². The van der Waals surface area contributed by atoms with Crippen molar-refractivity contribution < 1.29 is 23.4 Å². The molecule has 0 amide bonds. The first-order valence-electron chi connectivity index (χ1n) is 9.41. The molecule has 0 aliphatic rings. The summed E-state index contributed by atoms with van der Waals surface area (Å²) in [6, 6.07) is 10.7. The van der Waals surface area contributed by atoms with Gasteiger partial charge < -0.3 is 18.6 Å². The van der Waals surface area contributed by atoms with Gasteiger partial charge in [0.15, 0.2) is 11.9 Å². The van der Waals surface area contributed by atoms with Crippen molar-refractivity contribution in [2.24, 2.45) is 0 Å². The van der Waals surface area contributed by atoms with Crippen molar-refractivity contribution in [1.82, 2.24) is 0 Å². The van der Waals surface area contributed by atoms with E-state index < -0.39 is 12.1 Å². The molecule has 0 aliphatic carbocycles. The van der Waals surface area contributed by atoms with Crippen molar-refractivity contribution in [2.75, 3.05) is 13.7 Å². The predicted molar refractivity (Wildman–Crippen MR) is 111 cm³/mol. The third kappa shape index (κ3) is 4.11. The molecule has 1 atom stereocenters. The van der Waals surface area contributed by atoms with Crippen LogP contribution in [0.1, 0.15) is 25.0 Å². The van der Waals surface area contributed by atoms with Gasteiger partial charge in [0.05, 0.1) is 19.1 Å². The number of aryl methyl sites for hydroxylation is 2. The van der Waals surface area contributed by atoms with E-state index >= 15 is 0 Å². The average Bonchev–Trinajstić information content (AvgIpc) is 2.71. The number of methoxy groups -OCH3 is 1. The molecule has 0 saturated heterocycles. The van der Waals surface area contributed by atoms with Gasteiger partial charge in [-0.15, -0.1) is 0 Å². The molecule has 0 fully saturated rings. The highest BCUT2D eigenvalue weighted by Crippen LogP contribution is 2.33. The lowest BCUT2D eigenvalue weighted by Crippen LogP contribution is -2.28. The number of fused-ring (bicyclic) bond motifs is 1.